The van der Waals surface area contributed by atoms with E-state index in [-0.39, 0.29) is 30.3 Å². The molecule has 0 aliphatic heterocycles. The zero-order valence-corrected chi connectivity index (χ0v) is 14.6. The van der Waals surface area contributed by atoms with Crippen LogP contribution in [-0.2, 0) is 25.5 Å². The number of Topliss-reactive ketones (excluding diaryl/α,β-unsaturated/α-hetero) is 1. The van der Waals surface area contributed by atoms with Crippen LogP contribution in [0.5, 0.6) is 0 Å². The zero-order chi connectivity index (χ0) is 18.5. The van der Waals surface area contributed by atoms with Crippen LogP contribution in [0.4, 0.5) is 5.69 Å². The number of anilines is 1. The molecular formula is C20H22N2O4. The number of ether oxygens (including phenoxy) is 1. The van der Waals surface area contributed by atoms with E-state index in [1.165, 1.54) is 0 Å². The Bertz CT molecular complexity index is 719. The van der Waals surface area contributed by atoms with Crippen LogP contribution in [0.1, 0.15) is 37.7 Å². The summed E-state index contributed by atoms with van der Waals surface area (Å²) in [6.07, 6.45) is 4.20. The molecule has 0 heterocycles. The number of nitrogens with one attached hydrogen (secondary N) is 1. The summed E-state index contributed by atoms with van der Waals surface area (Å²) in [6, 6.07) is 9.01. The van der Waals surface area contributed by atoms with Crippen molar-refractivity contribution in [3.8, 4) is 6.07 Å². The largest absolute Gasteiger partial charge is 0.455 e. The molecule has 0 spiro atoms. The molecule has 1 aromatic rings. The monoisotopic (exact) mass is 354 g/mol. The van der Waals surface area contributed by atoms with Gasteiger partial charge in [0.15, 0.2) is 6.61 Å². The van der Waals surface area contributed by atoms with Crippen LogP contribution in [0.2, 0.25) is 0 Å². The number of esters is 1. The molecule has 0 radical (unpaired) electrons. The zero-order valence-electron chi connectivity index (χ0n) is 14.6. The van der Waals surface area contributed by atoms with E-state index in [4.69, 9.17) is 10.00 Å². The number of carbonyl (C=O) groups is 3. The van der Waals surface area contributed by atoms with Gasteiger partial charge in [-0.3, -0.25) is 14.4 Å². The van der Waals surface area contributed by atoms with Gasteiger partial charge >= 0.3 is 5.97 Å². The highest BCUT2D eigenvalue weighted by atomic mass is 16.5. The van der Waals surface area contributed by atoms with Crippen LogP contribution in [0.15, 0.2) is 24.3 Å². The van der Waals surface area contributed by atoms with Crippen molar-refractivity contribution in [3.05, 3.63) is 29.8 Å². The minimum atomic E-state index is -0.404. The van der Waals surface area contributed by atoms with Crippen LogP contribution in [-0.4, -0.2) is 24.3 Å². The lowest BCUT2D eigenvalue weighted by Crippen LogP contribution is -2.40. The Morgan fingerprint density at radius 1 is 1.15 bits per heavy atom. The van der Waals surface area contributed by atoms with Crippen LogP contribution in [0.3, 0.4) is 0 Å². The molecule has 136 valence electrons. The molecule has 3 rings (SSSR count). The van der Waals surface area contributed by atoms with Crippen LogP contribution in [0.25, 0.3) is 0 Å². The highest BCUT2D eigenvalue weighted by molar-refractivity contribution is 5.93. The van der Waals surface area contributed by atoms with E-state index in [0.29, 0.717) is 30.7 Å². The van der Waals surface area contributed by atoms with Gasteiger partial charge in [0.05, 0.1) is 18.4 Å². The van der Waals surface area contributed by atoms with Crippen molar-refractivity contribution in [2.24, 2.45) is 17.8 Å². The Balaban J connectivity index is 1.46. The molecule has 2 bridgehead atoms. The number of fused-ring (bicyclic) bond motifs is 2. The lowest BCUT2D eigenvalue weighted by Gasteiger charge is -2.36. The third kappa shape index (κ3) is 4.29. The van der Waals surface area contributed by atoms with Crippen molar-refractivity contribution in [3.63, 3.8) is 0 Å². The maximum absolute atomic E-state index is 12.3. The molecule has 26 heavy (non-hydrogen) atoms. The Morgan fingerprint density at radius 2 is 1.81 bits per heavy atom. The van der Waals surface area contributed by atoms with Gasteiger partial charge in [0, 0.05) is 17.5 Å². The summed E-state index contributed by atoms with van der Waals surface area (Å²) in [5, 5.41) is 11.3. The van der Waals surface area contributed by atoms with E-state index in [0.717, 1.165) is 24.8 Å². The van der Waals surface area contributed by atoms with Crippen molar-refractivity contribution >= 4 is 23.3 Å². The molecule has 1 N–H and O–H groups in total. The van der Waals surface area contributed by atoms with Gasteiger partial charge in [0.25, 0.3) is 5.91 Å². The number of nitrogens with zero attached hydrogens (tertiary/aromatic N) is 1. The minimum Gasteiger partial charge on any atom is -0.455 e. The van der Waals surface area contributed by atoms with Crippen LogP contribution >= 0.6 is 0 Å². The fourth-order valence-corrected chi connectivity index (χ4v) is 3.92. The summed E-state index contributed by atoms with van der Waals surface area (Å²) in [4.78, 5) is 36.3. The molecule has 6 heteroatoms. The number of amides is 1. The van der Waals surface area contributed by atoms with Gasteiger partial charge < -0.3 is 10.1 Å². The second kappa shape index (κ2) is 8.13. The van der Waals surface area contributed by atoms with Gasteiger partial charge in [0.2, 0.25) is 0 Å². The molecule has 2 fully saturated rings. The highest BCUT2D eigenvalue weighted by Crippen LogP contribution is 2.40. The lowest BCUT2D eigenvalue weighted by atomic mass is 9.67. The molecule has 2 atom stereocenters. The fraction of sp³-hybridized carbons (Fsp3) is 0.500. The minimum absolute atomic E-state index is 0.0131. The van der Waals surface area contributed by atoms with Gasteiger partial charge in [-0.1, -0.05) is 18.6 Å². The van der Waals surface area contributed by atoms with Gasteiger partial charge in [-0.2, -0.15) is 5.26 Å². The van der Waals surface area contributed by atoms with E-state index in [9.17, 15) is 14.4 Å². The molecular weight excluding hydrogens is 332 g/mol. The SMILES string of the molecule is N#CCc1ccc(NC(=O)COC(=O)C2CC3CCCC(C2)C3=O)cc1. The first-order valence-corrected chi connectivity index (χ1v) is 9.03. The van der Waals surface area contributed by atoms with Crippen molar-refractivity contribution in [1.29, 1.82) is 5.26 Å². The fourth-order valence-electron chi connectivity index (χ4n) is 3.92. The molecule has 1 aromatic carbocycles. The van der Waals surface area contributed by atoms with Crippen molar-refractivity contribution < 1.29 is 19.1 Å². The standard InChI is InChI=1S/C20H22N2O4/c21-9-8-13-4-6-17(7-5-13)22-18(23)12-26-20(25)16-10-14-2-1-3-15(11-16)19(14)24/h4-7,14-16H,1-3,8,10-12H2,(H,22,23). The molecule has 0 aromatic heterocycles. The third-order valence-electron chi connectivity index (χ3n) is 5.25. The van der Waals surface area contributed by atoms with Gasteiger partial charge in [-0.15, -0.1) is 0 Å². The first kappa shape index (κ1) is 18.1. The first-order chi connectivity index (χ1) is 12.6. The number of nitriles is 1. The van der Waals surface area contributed by atoms with Crippen molar-refractivity contribution in [2.45, 2.75) is 38.5 Å². The average molecular weight is 354 g/mol. The summed E-state index contributed by atoms with van der Waals surface area (Å²) >= 11 is 0. The van der Waals surface area contributed by atoms with E-state index in [1.807, 2.05) is 0 Å². The van der Waals surface area contributed by atoms with Gasteiger partial charge in [-0.05, 0) is 43.4 Å². The maximum Gasteiger partial charge on any atom is 0.309 e. The molecule has 0 saturated heterocycles. The number of rotatable bonds is 5. The van der Waals surface area contributed by atoms with Gasteiger partial charge in [0.1, 0.15) is 5.78 Å². The van der Waals surface area contributed by atoms with Gasteiger partial charge in [-0.25, -0.2) is 0 Å². The highest BCUT2D eigenvalue weighted by Gasteiger charge is 2.41. The second-order valence-electron chi connectivity index (χ2n) is 7.08. The summed E-state index contributed by atoms with van der Waals surface area (Å²) < 4.78 is 5.17. The number of carbonyl (C=O) groups excluding carboxylic acids is 3. The van der Waals surface area contributed by atoms with E-state index in [1.54, 1.807) is 24.3 Å². The third-order valence-corrected chi connectivity index (χ3v) is 5.25. The Kier molecular flexibility index (Phi) is 5.67. The molecule has 1 amide bonds. The van der Waals surface area contributed by atoms with Crippen molar-refractivity contribution in [2.75, 3.05) is 11.9 Å². The Hall–Kier alpha value is -2.68. The number of benzene rings is 1. The predicted molar refractivity (Wildman–Crippen MR) is 93.9 cm³/mol. The maximum atomic E-state index is 12.3. The molecule has 2 saturated carbocycles. The molecule has 6 nitrogen and oxygen atoms in total. The Labute approximate surface area is 152 Å². The van der Waals surface area contributed by atoms with Crippen molar-refractivity contribution in [1.82, 2.24) is 0 Å². The summed E-state index contributed by atoms with van der Waals surface area (Å²) in [6.45, 7) is -0.335. The number of ketones is 1. The van der Waals surface area contributed by atoms with Crippen LogP contribution < -0.4 is 5.32 Å². The normalized spacial score (nSPS) is 24.4. The predicted octanol–water partition coefficient (Wildman–Crippen LogP) is 2.63. The molecule has 2 aliphatic carbocycles. The van der Waals surface area contributed by atoms with E-state index >= 15 is 0 Å². The Morgan fingerprint density at radius 3 is 2.42 bits per heavy atom. The lowest BCUT2D eigenvalue weighted by molar-refractivity contribution is -0.155. The molecule has 2 unspecified atom stereocenters. The quantitative estimate of drug-likeness (QED) is 0.820. The number of hydrogen-bond donors (Lipinski definition) is 1. The second-order valence-corrected chi connectivity index (χ2v) is 7.08. The van der Waals surface area contributed by atoms with Crippen LogP contribution in [0, 0.1) is 29.1 Å². The van der Waals surface area contributed by atoms with E-state index < -0.39 is 5.91 Å². The first-order valence-electron chi connectivity index (χ1n) is 9.03. The van der Waals surface area contributed by atoms with E-state index in [2.05, 4.69) is 11.4 Å². The summed E-state index contributed by atoms with van der Waals surface area (Å²) in [5.41, 5.74) is 1.46. The smallest absolute Gasteiger partial charge is 0.309 e. The molecule has 2 aliphatic rings. The summed E-state index contributed by atoms with van der Waals surface area (Å²) in [5.74, 6) is -0.784. The number of hydrogen-bond acceptors (Lipinski definition) is 5. The average Bonchev–Trinajstić information content (AvgIpc) is 2.61. The summed E-state index contributed by atoms with van der Waals surface area (Å²) in [7, 11) is 0. The topological polar surface area (TPSA) is 96.3 Å².